The molecule has 6 heteroatoms. The van der Waals surface area contributed by atoms with E-state index in [0.29, 0.717) is 5.69 Å². The molecule has 0 aliphatic carbocycles. The molecule has 2 atom stereocenters. The molecule has 0 saturated carbocycles. The Bertz CT molecular complexity index is 286. The van der Waals surface area contributed by atoms with Crippen molar-refractivity contribution >= 4 is 27.4 Å². The van der Waals surface area contributed by atoms with Crippen LogP contribution in [-0.2, 0) is 11.2 Å². The number of aromatic nitrogens is 2. The molecule has 0 saturated heterocycles. The number of imidazole rings is 1. The van der Waals surface area contributed by atoms with Gasteiger partial charge in [0.1, 0.15) is 0 Å². The average Bonchev–Trinajstić information content (AvgIpc) is 2.35. The molecule has 1 aromatic rings. The maximum absolute atomic E-state index is 10.4. The molecule has 4 N–H and O–H groups in total. The van der Waals surface area contributed by atoms with E-state index in [0.717, 1.165) is 4.61 Å². The number of hydrogen-bond acceptors (Lipinski definition) is 3. The van der Waals surface area contributed by atoms with Gasteiger partial charge in [0, 0.05) is 0 Å². The van der Waals surface area contributed by atoms with Gasteiger partial charge in [-0.15, -0.1) is 0 Å². The summed E-state index contributed by atoms with van der Waals surface area (Å²) in [5, 5.41) is 8.49. The van der Waals surface area contributed by atoms with Crippen LogP contribution in [0.5, 0.6) is 0 Å². The first kappa shape index (κ1) is 9.29. The van der Waals surface area contributed by atoms with E-state index in [9.17, 15) is 4.79 Å². The van der Waals surface area contributed by atoms with E-state index in [1.54, 1.807) is 6.20 Å². The molecule has 0 amide bonds. The third kappa shape index (κ3) is 2.36. The van der Waals surface area contributed by atoms with Crippen molar-refractivity contribution < 1.29 is 9.90 Å². The predicted octanol–water partition coefficient (Wildman–Crippen LogP) is -2.38. The Hall–Kier alpha value is -0.802. The Balaban J connectivity index is 2.58. The molecule has 66 valence electrons. The number of carboxylic acids is 1. The van der Waals surface area contributed by atoms with Crippen LogP contribution < -0.4 is 10.3 Å². The van der Waals surface area contributed by atoms with E-state index in [1.165, 1.54) is 16.9 Å². The Morgan fingerprint density at radius 1 is 1.92 bits per heavy atom. The summed E-state index contributed by atoms with van der Waals surface area (Å²) in [6.07, 6.45) is 1.95. The van der Waals surface area contributed by atoms with Crippen LogP contribution in [0.25, 0.3) is 0 Å². The summed E-state index contributed by atoms with van der Waals surface area (Å²) >= 11 is 1.37. The molecule has 1 aromatic heterocycles. The zero-order valence-corrected chi connectivity index (χ0v) is 8.74. The van der Waals surface area contributed by atoms with Crippen LogP contribution in [0.15, 0.2) is 6.20 Å². The molecular weight excluding hydrogens is 221 g/mol. The van der Waals surface area contributed by atoms with Gasteiger partial charge in [0.05, 0.1) is 0 Å². The molecule has 0 radical (unpaired) electrons. The summed E-state index contributed by atoms with van der Waals surface area (Å²) in [5.41, 5.74) is 6.01. The van der Waals surface area contributed by atoms with Crippen LogP contribution in [0.2, 0.25) is 0 Å². The summed E-state index contributed by atoms with van der Waals surface area (Å²) < 4.78 is 0.829. The van der Waals surface area contributed by atoms with Crippen molar-refractivity contribution in [1.82, 2.24) is 9.97 Å². The molecular formula is C6H10AsN3O2. The summed E-state index contributed by atoms with van der Waals surface area (Å²) in [6.45, 7) is 0. The first-order valence-electron chi connectivity index (χ1n) is 3.37. The number of nitrogens with zero attached hydrogens (tertiary/aromatic N) is 1. The van der Waals surface area contributed by atoms with E-state index in [-0.39, 0.29) is 6.42 Å². The fraction of sp³-hybridized carbons (Fsp3) is 0.333. The topological polar surface area (TPSA) is 92.0 Å². The number of nitrogens with one attached hydrogen (secondary N) is 1. The Kier molecular flexibility index (Phi) is 2.89. The maximum atomic E-state index is 10.4. The first-order valence-corrected chi connectivity index (χ1v) is 4.59. The number of carbonyl (C=O) groups is 1. The molecule has 0 fully saturated rings. The SMILES string of the molecule is NC(Cc1c[nH]c([AsH2])n1)C(=O)O. The van der Waals surface area contributed by atoms with Crippen LogP contribution in [-0.4, -0.2) is 43.9 Å². The van der Waals surface area contributed by atoms with Gasteiger partial charge >= 0.3 is 77.4 Å². The van der Waals surface area contributed by atoms with E-state index < -0.39 is 12.0 Å². The molecule has 0 spiro atoms. The zero-order chi connectivity index (χ0) is 9.14. The minimum absolute atomic E-state index is 0.274. The Morgan fingerprint density at radius 2 is 2.58 bits per heavy atom. The number of nitrogens with two attached hydrogens (primary N) is 1. The number of aliphatic carboxylic acids is 1. The summed E-state index contributed by atoms with van der Waals surface area (Å²) in [4.78, 5) is 17.3. The average molecular weight is 231 g/mol. The summed E-state index contributed by atoms with van der Waals surface area (Å²) in [7, 11) is 0. The first-order chi connectivity index (χ1) is 5.59. The molecule has 0 aromatic carbocycles. The van der Waals surface area contributed by atoms with Gasteiger partial charge < -0.3 is 0 Å². The fourth-order valence-electron chi connectivity index (χ4n) is 0.794. The van der Waals surface area contributed by atoms with Gasteiger partial charge in [0.25, 0.3) is 0 Å². The number of carboxylic acid groups (broad SMARTS) is 1. The second-order valence-corrected chi connectivity index (χ2v) is 3.57. The zero-order valence-electron chi connectivity index (χ0n) is 6.32. The van der Waals surface area contributed by atoms with E-state index in [1.807, 2.05) is 0 Å². The number of H-pyrrole nitrogens is 1. The van der Waals surface area contributed by atoms with Crippen molar-refractivity contribution in [3.8, 4) is 0 Å². The Morgan fingerprint density at radius 3 is 3.00 bits per heavy atom. The monoisotopic (exact) mass is 231 g/mol. The molecule has 0 bridgehead atoms. The molecule has 1 rings (SSSR count). The van der Waals surface area contributed by atoms with Gasteiger partial charge in [-0.25, -0.2) is 0 Å². The van der Waals surface area contributed by atoms with Crippen LogP contribution in [0, 0.1) is 0 Å². The van der Waals surface area contributed by atoms with E-state index in [2.05, 4.69) is 9.97 Å². The number of aromatic amines is 1. The Labute approximate surface area is 77.9 Å². The predicted molar refractivity (Wildman–Crippen MR) is 46.1 cm³/mol. The van der Waals surface area contributed by atoms with Crippen molar-refractivity contribution in [2.45, 2.75) is 12.5 Å². The molecule has 1 heterocycles. The quantitative estimate of drug-likeness (QED) is 0.506. The summed E-state index contributed by atoms with van der Waals surface area (Å²) in [5.74, 6) is -0.999. The second-order valence-electron chi connectivity index (χ2n) is 2.43. The van der Waals surface area contributed by atoms with Crippen LogP contribution in [0.3, 0.4) is 0 Å². The van der Waals surface area contributed by atoms with Crippen LogP contribution in [0.4, 0.5) is 0 Å². The van der Waals surface area contributed by atoms with Crippen LogP contribution in [0.1, 0.15) is 5.69 Å². The standard InChI is InChI=1S/C6H10AsN3O2/c7-6-9-2-3(10-6)1-4(8)5(11)12/h2,4H,1,7-8H2,(H,9,10)(H,11,12). The van der Waals surface area contributed by atoms with Gasteiger partial charge in [0.2, 0.25) is 0 Å². The normalized spacial score (nSPS) is 12.8. The fourth-order valence-corrected chi connectivity index (χ4v) is 1.32. The molecule has 2 unspecified atom stereocenters. The van der Waals surface area contributed by atoms with Gasteiger partial charge in [-0.05, 0) is 0 Å². The van der Waals surface area contributed by atoms with Crippen molar-refractivity contribution in [3.05, 3.63) is 11.9 Å². The molecule has 0 aliphatic rings. The van der Waals surface area contributed by atoms with Crippen LogP contribution >= 0.6 is 0 Å². The summed E-state index contributed by atoms with van der Waals surface area (Å²) in [6, 6.07) is -0.861. The molecule has 0 aliphatic heterocycles. The van der Waals surface area contributed by atoms with Crippen molar-refractivity contribution in [1.29, 1.82) is 0 Å². The minimum atomic E-state index is -0.999. The van der Waals surface area contributed by atoms with E-state index in [4.69, 9.17) is 10.8 Å². The van der Waals surface area contributed by atoms with Gasteiger partial charge in [-0.3, -0.25) is 0 Å². The third-order valence-corrected chi connectivity index (χ3v) is 2.02. The van der Waals surface area contributed by atoms with Gasteiger partial charge in [0.15, 0.2) is 0 Å². The van der Waals surface area contributed by atoms with Gasteiger partial charge in [-0.1, -0.05) is 0 Å². The van der Waals surface area contributed by atoms with Crippen molar-refractivity contribution in [3.63, 3.8) is 0 Å². The molecule has 5 nitrogen and oxygen atoms in total. The van der Waals surface area contributed by atoms with Crippen molar-refractivity contribution in [2.24, 2.45) is 5.73 Å². The second kappa shape index (κ2) is 3.74. The van der Waals surface area contributed by atoms with Crippen molar-refractivity contribution in [2.75, 3.05) is 0 Å². The van der Waals surface area contributed by atoms with E-state index >= 15 is 0 Å². The third-order valence-electron chi connectivity index (χ3n) is 1.40. The number of rotatable bonds is 3. The number of hydrogen-bond donors (Lipinski definition) is 3. The van der Waals surface area contributed by atoms with Gasteiger partial charge in [-0.2, -0.15) is 0 Å². The molecule has 12 heavy (non-hydrogen) atoms.